The molecule has 124 valence electrons. The number of fused-ring (bicyclic) bond motifs is 5. The Morgan fingerprint density at radius 1 is 1.26 bits per heavy atom. The highest BCUT2D eigenvalue weighted by Crippen LogP contribution is 2.71. The van der Waals surface area contributed by atoms with E-state index in [1.54, 1.807) is 0 Å². The van der Waals surface area contributed by atoms with Crippen molar-refractivity contribution in [2.75, 3.05) is 0 Å². The lowest BCUT2D eigenvalue weighted by molar-refractivity contribution is -0.143. The van der Waals surface area contributed by atoms with Gasteiger partial charge in [0, 0.05) is 6.42 Å². The van der Waals surface area contributed by atoms with Crippen LogP contribution in [0.2, 0.25) is 0 Å². The van der Waals surface area contributed by atoms with Gasteiger partial charge in [0.1, 0.15) is 5.76 Å². The minimum atomic E-state index is -0.541. The summed E-state index contributed by atoms with van der Waals surface area (Å²) in [5.74, 6) is 2.37. The summed E-state index contributed by atoms with van der Waals surface area (Å²) in [6, 6.07) is 2.20. The van der Waals surface area contributed by atoms with Crippen molar-refractivity contribution in [2.24, 2.45) is 28.6 Å². The van der Waals surface area contributed by atoms with Crippen molar-refractivity contribution in [3.8, 4) is 0 Å². The molecule has 0 radical (unpaired) electrons. The van der Waals surface area contributed by atoms with E-state index in [1.165, 1.54) is 43.4 Å². The molecule has 4 aliphatic rings. The molecule has 1 aromatic heterocycles. The van der Waals surface area contributed by atoms with E-state index in [-0.39, 0.29) is 5.92 Å². The highest BCUT2D eigenvalue weighted by molar-refractivity contribution is 5.71. The van der Waals surface area contributed by atoms with E-state index in [2.05, 4.69) is 13.0 Å². The fourth-order valence-electron chi connectivity index (χ4n) is 7.43. The summed E-state index contributed by atoms with van der Waals surface area (Å²) in [4.78, 5) is 11.7. The molecule has 5 rings (SSSR count). The first-order valence-electron chi connectivity index (χ1n) is 9.33. The zero-order valence-electron chi connectivity index (χ0n) is 13.9. The number of aliphatic carboxylic acids is 1. The molecule has 1 spiro atoms. The van der Waals surface area contributed by atoms with E-state index < -0.39 is 5.97 Å². The SMILES string of the molecule is C[C@@]12CCc3occc3C1CC[C@]13CC(C(=O)O)[C@H](CC[C@H]12)C3. The van der Waals surface area contributed by atoms with Gasteiger partial charge in [-0.2, -0.15) is 0 Å². The third kappa shape index (κ3) is 1.69. The maximum Gasteiger partial charge on any atom is 0.306 e. The largest absolute Gasteiger partial charge is 0.481 e. The smallest absolute Gasteiger partial charge is 0.306 e. The Bertz CT molecular complexity index is 662. The minimum Gasteiger partial charge on any atom is -0.481 e. The number of carbonyl (C=O) groups is 1. The van der Waals surface area contributed by atoms with E-state index in [0.29, 0.717) is 28.6 Å². The lowest BCUT2D eigenvalue weighted by Crippen LogP contribution is -2.50. The van der Waals surface area contributed by atoms with Gasteiger partial charge in [-0.15, -0.1) is 0 Å². The van der Waals surface area contributed by atoms with Crippen LogP contribution < -0.4 is 0 Å². The Kier molecular flexibility index (Phi) is 2.72. The molecule has 23 heavy (non-hydrogen) atoms. The zero-order valence-corrected chi connectivity index (χ0v) is 13.9. The molecule has 3 saturated carbocycles. The highest BCUT2D eigenvalue weighted by Gasteiger charge is 2.63. The molecular weight excluding hydrogens is 288 g/mol. The van der Waals surface area contributed by atoms with Gasteiger partial charge in [-0.3, -0.25) is 4.79 Å². The van der Waals surface area contributed by atoms with Gasteiger partial charge in [-0.1, -0.05) is 6.92 Å². The van der Waals surface area contributed by atoms with Gasteiger partial charge < -0.3 is 9.52 Å². The fourth-order valence-corrected chi connectivity index (χ4v) is 7.43. The van der Waals surface area contributed by atoms with E-state index in [9.17, 15) is 9.90 Å². The zero-order chi connectivity index (χ0) is 15.8. The van der Waals surface area contributed by atoms with Crippen LogP contribution in [0.5, 0.6) is 0 Å². The molecule has 3 fully saturated rings. The van der Waals surface area contributed by atoms with Crippen molar-refractivity contribution in [2.45, 2.75) is 64.2 Å². The monoisotopic (exact) mass is 314 g/mol. The fraction of sp³-hybridized carbons (Fsp3) is 0.750. The molecule has 0 amide bonds. The average molecular weight is 314 g/mol. The van der Waals surface area contributed by atoms with Crippen molar-refractivity contribution in [1.82, 2.24) is 0 Å². The van der Waals surface area contributed by atoms with E-state index in [0.717, 1.165) is 19.3 Å². The second-order valence-electron chi connectivity index (χ2n) is 9.00. The Labute approximate surface area is 137 Å². The second-order valence-corrected chi connectivity index (χ2v) is 9.00. The van der Waals surface area contributed by atoms with Crippen LogP contribution in [0.15, 0.2) is 16.7 Å². The number of aryl methyl sites for hydroxylation is 1. The molecule has 2 unspecified atom stereocenters. The molecule has 0 saturated heterocycles. The Balaban J connectivity index is 1.55. The second kappa shape index (κ2) is 4.43. The Morgan fingerprint density at radius 2 is 2.13 bits per heavy atom. The van der Waals surface area contributed by atoms with Crippen LogP contribution >= 0.6 is 0 Å². The number of hydrogen-bond acceptors (Lipinski definition) is 2. The molecule has 1 heterocycles. The van der Waals surface area contributed by atoms with Crippen molar-refractivity contribution in [3.63, 3.8) is 0 Å². The number of rotatable bonds is 1. The van der Waals surface area contributed by atoms with Crippen LogP contribution in [0.1, 0.15) is 69.1 Å². The quantitative estimate of drug-likeness (QED) is 0.823. The molecule has 1 N–H and O–H groups in total. The molecule has 4 aliphatic carbocycles. The van der Waals surface area contributed by atoms with Crippen LogP contribution in [-0.2, 0) is 11.2 Å². The van der Waals surface area contributed by atoms with Gasteiger partial charge in [-0.25, -0.2) is 0 Å². The first-order valence-corrected chi connectivity index (χ1v) is 9.33. The normalized spacial score (nSPS) is 47.5. The lowest BCUT2D eigenvalue weighted by Gasteiger charge is -2.59. The van der Waals surface area contributed by atoms with Gasteiger partial charge in [-0.05, 0) is 85.2 Å². The number of carboxylic acid groups (broad SMARTS) is 1. The summed E-state index contributed by atoms with van der Waals surface area (Å²) in [5.41, 5.74) is 2.12. The Hall–Kier alpha value is -1.25. The van der Waals surface area contributed by atoms with Gasteiger partial charge in [0.2, 0.25) is 0 Å². The molecular formula is C20H26O3. The summed E-state index contributed by atoms with van der Waals surface area (Å²) in [7, 11) is 0. The first kappa shape index (κ1) is 14.1. The number of furan rings is 1. The molecule has 6 atom stereocenters. The van der Waals surface area contributed by atoms with Gasteiger partial charge in [0.15, 0.2) is 0 Å². The van der Waals surface area contributed by atoms with Crippen molar-refractivity contribution in [3.05, 3.63) is 23.7 Å². The maximum atomic E-state index is 11.7. The molecule has 3 heteroatoms. The van der Waals surface area contributed by atoms with Crippen molar-refractivity contribution >= 4 is 5.97 Å². The van der Waals surface area contributed by atoms with Crippen molar-refractivity contribution < 1.29 is 14.3 Å². The average Bonchev–Trinajstić information content (AvgIpc) is 3.09. The van der Waals surface area contributed by atoms with Gasteiger partial charge in [0.05, 0.1) is 12.2 Å². The van der Waals surface area contributed by atoms with Crippen LogP contribution in [0.25, 0.3) is 0 Å². The summed E-state index contributed by atoms with van der Waals surface area (Å²) in [6.07, 6.45) is 11.1. The molecule has 0 aromatic carbocycles. The molecule has 1 aromatic rings. The third-order valence-electron chi connectivity index (χ3n) is 8.32. The van der Waals surface area contributed by atoms with Crippen LogP contribution in [-0.4, -0.2) is 11.1 Å². The summed E-state index contributed by atoms with van der Waals surface area (Å²) < 4.78 is 5.72. The molecule has 0 aliphatic heterocycles. The molecule has 2 bridgehead atoms. The maximum absolute atomic E-state index is 11.7. The standard InChI is InChI=1S/C20H26O3/c1-19-7-5-16-13(6-9-23-16)15(19)4-8-20-10-12(2-3-17(19)20)14(11-20)18(21)22/h6,9,12,14-15,17H,2-5,7-8,10-11H2,1H3,(H,21,22)/t12-,14?,15?,17+,19-,20+/m1/s1. The summed E-state index contributed by atoms with van der Waals surface area (Å²) in [5, 5.41) is 9.63. The van der Waals surface area contributed by atoms with Gasteiger partial charge >= 0.3 is 5.97 Å². The third-order valence-corrected chi connectivity index (χ3v) is 8.32. The van der Waals surface area contributed by atoms with Gasteiger partial charge in [0.25, 0.3) is 0 Å². The van der Waals surface area contributed by atoms with E-state index in [1.807, 2.05) is 6.26 Å². The van der Waals surface area contributed by atoms with Crippen molar-refractivity contribution in [1.29, 1.82) is 0 Å². The van der Waals surface area contributed by atoms with Crippen LogP contribution in [0.4, 0.5) is 0 Å². The van der Waals surface area contributed by atoms with E-state index in [4.69, 9.17) is 4.42 Å². The number of hydrogen-bond donors (Lipinski definition) is 1. The predicted octanol–water partition coefficient (Wildman–Crippen LogP) is 4.62. The topological polar surface area (TPSA) is 50.4 Å². The minimum absolute atomic E-state index is 0.0757. The highest BCUT2D eigenvalue weighted by atomic mass is 16.4. The lowest BCUT2D eigenvalue weighted by atomic mass is 9.45. The molecule has 3 nitrogen and oxygen atoms in total. The summed E-state index contributed by atoms with van der Waals surface area (Å²) in [6.45, 7) is 2.51. The predicted molar refractivity (Wildman–Crippen MR) is 86.1 cm³/mol. The summed E-state index contributed by atoms with van der Waals surface area (Å²) >= 11 is 0. The number of carboxylic acids is 1. The van der Waals surface area contributed by atoms with Crippen LogP contribution in [0.3, 0.4) is 0 Å². The van der Waals surface area contributed by atoms with Crippen LogP contribution in [0, 0.1) is 28.6 Å². The first-order chi connectivity index (χ1) is 11.0. The Morgan fingerprint density at radius 3 is 2.96 bits per heavy atom. The van der Waals surface area contributed by atoms with E-state index >= 15 is 0 Å².